The van der Waals surface area contributed by atoms with Crippen LogP contribution in [0.1, 0.15) is 25.3 Å². The largest absolute Gasteiger partial charge is 0.379 e. The van der Waals surface area contributed by atoms with Crippen LogP contribution in [0, 0.1) is 5.82 Å². The summed E-state index contributed by atoms with van der Waals surface area (Å²) in [7, 11) is 0. The zero-order chi connectivity index (χ0) is 17.2. The summed E-state index contributed by atoms with van der Waals surface area (Å²) in [6, 6.07) is 4.64. The van der Waals surface area contributed by atoms with Crippen molar-refractivity contribution in [1.82, 2.24) is 10.6 Å². The van der Waals surface area contributed by atoms with Gasteiger partial charge in [-0.25, -0.2) is 9.38 Å². The van der Waals surface area contributed by atoms with Crippen molar-refractivity contribution in [3.05, 3.63) is 34.6 Å². The van der Waals surface area contributed by atoms with Crippen molar-refractivity contribution in [3.63, 3.8) is 0 Å². The van der Waals surface area contributed by atoms with E-state index >= 15 is 0 Å². The normalized spacial score (nSPS) is 17.2. The van der Waals surface area contributed by atoms with Gasteiger partial charge in [0.15, 0.2) is 5.96 Å². The predicted octanol–water partition coefficient (Wildman–Crippen LogP) is 3.35. The van der Waals surface area contributed by atoms with E-state index in [9.17, 15) is 4.39 Å². The van der Waals surface area contributed by atoms with E-state index in [-0.39, 0.29) is 35.1 Å². The molecule has 1 saturated heterocycles. The maximum atomic E-state index is 13.2. The van der Waals surface area contributed by atoms with Crippen LogP contribution < -0.4 is 10.6 Å². The second-order valence-electron chi connectivity index (χ2n) is 5.58. The Morgan fingerprint density at radius 2 is 2.28 bits per heavy atom. The highest BCUT2D eigenvalue weighted by Crippen LogP contribution is 2.16. The van der Waals surface area contributed by atoms with Gasteiger partial charge in [0, 0.05) is 26.3 Å². The lowest BCUT2D eigenvalue weighted by atomic mass is 10.2. The molecule has 1 heterocycles. The number of hydrogen-bond acceptors (Lipinski definition) is 3. The first-order chi connectivity index (χ1) is 11.7. The van der Waals surface area contributed by atoms with Gasteiger partial charge in [-0.2, -0.15) is 0 Å². The standard InChI is InChI=1S/C17H25ClFN3O2.HI/c1-2-20-17(21-7-3-8-24-14-6-9-23-12-14)22-11-13-4-5-16(19)15(18)10-13;/h4-5,10,14H,2-3,6-9,11-12H2,1H3,(H2,20,21,22);1H. The van der Waals surface area contributed by atoms with Gasteiger partial charge in [-0.05, 0) is 37.5 Å². The summed E-state index contributed by atoms with van der Waals surface area (Å²) in [5.41, 5.74) is 0.864. The van der Waals surface area contributed by atoms with Gasteiger partial charge < -0.3 is 20.1 Å². The fourth-order valence-corrected chi connectivity index (χ4v) is 2.53. The monoisotopic (exact) mass is 485 g/mol. The van der Waals surface area contributed by atoms with E-state index in [1.807, 2.05) is 6.92 Å². The Hall–Kier alpha value is -0.640. The minimum absolute atomic E-state index is 0. The lowest BCUT2D eigenvalue weighted by molar-refractivity contribution is 0.0420. The molecule has 0 aliphatic carbocycles. The average Bonchev–Trinajstić information content (AvgIpc) is 3.08. The molecule has 1 aromatic carbocycles. The second kappa shape index (κ2) is 12.7. The minimum atomic E-state index is -0.415. The number of guanidine groups is 1. The number of aliphatic imine (C=N–C) groups is 1. The second-order valence-corrected chi connectivity index (χ2v) is 5.99. The maximum Gasteiger partial charge on any atom is 0.191 e. The molecule has 1 aliphatic heterocycles. The Morgan fingerprint density at radius 1 is 1.44 bits per heavy atom. The van der Waals surface area contributed by atoms with Crippen LogP contribution in [0.2, 0.25) is 5.02 Å². The fourth-order valence-electron chi connectivity index (χ4n) is 2.32. The van der Waals surface area contributed by atoms with Gasteiger partial charge in [0.25, 0.3) is 0 Å². The van der Waals surface area contributed by atoms with E-state index in [4.69, 9.17) is 21.1 Å². The third-order valence-corrected chi connectivity index (χ3v) is 3.89. The zero-order valence-corrected chi connectivity index (χ0v) is 17.5. The van der Waals surface area contributed by atoms with Crippen molar-refractivity contribution in [1.29, 1.82) is 0 Å². The highest BCUT2D eigenvalue weighted by Gasteiger charge is 2.15. The third-order valence-electron chi connectivity index (χ3n) is 3.60. The molecule has 0 aromatic heterocycles. The van der Waals surface area contributed by atoms with Crippen LogP contribution in [-0.2, 0) is 16.0 Å². The van der Waals surface area contributed by atoms with Crippen molar-refractivity contribution in [3.8, 4) is 0 Å². The predicted molar refractivity (Wildman–Crippen MR) is 109 cm³/mol. The first-order valence-electron chi connectivity index (χ1n) is 8.34. The summed E-state index contributed by atoms with van der Waals surface area (Å²) in [5.74, 6) is 0.309. The topological polar surface area (TPSA) is 54.9 Å². The zero-order valence-electron chi connectivity index (χ0n) is 14.4. The number of rotatable bonds is 8. The summed E-state index contributed by atoms with van der Waals surface area (Å²) in [4.78, 5) is 4.48. The summed E-state index contributed by atoms with van der Waals surface area (Å²) in [5, 5.41) is 6.56. The molecule has 2 rings (SSSR count). The summed E-state index contributed by atoms with van der Waals surface area (Å²) < 4.78 is 24.2. The van der Waals surface area contributed by atoms with Crippen molar-refractivity contribution in [2.45, 2.75) is 32.4 Å². The third kappa shape index (κ3) is 8.52. The Morgan fingerprint density at radius 3 is 2.96 bits per heavy atom. The van der Waals surface area contributed by atoms with Gasteiger partial charge in [-0.15, -0.1) is 24.0 Å². The Bertz CT molecular complexity index is 543. The molecule has 8 heteroatoms. The highest BCUT2D eigenvalue weighted by atomic mass is 127. The van der Waals surface area contributed by atoms with Crippen molar-refractivity contribution < 1.29 is 13.9 Å². The first-order valence-corrected chi connectivity index (χ1v) is 8.72. The Labute approximate surface area is 170 Å². The van der Waals surface area contributed by atoms with Crippen LogP contribution in [0.3, 0.4) is 0 Å². The molecule has 25 heavy (non-hydrogen) atoms. The molecular weight excluding hydrogens is 460 g/mol. The van der Waals surface area contributed by atoms with Crippen LogP contribution in [0.15, 0.2) is 23.2 Å². The van der Waals surface area contributed by atoms with Gasteiger partial charge in [0.05, 0.1) is 24.3 Å². The molecule has 0 bridgehead atoms. The molecule has 5 nitrogen and oxygen atoms in total. The van der Waals surface area contributed by atoms with Gasteiger partial charge in [0.1, 0.15) is 5.82 Å². The van der Waals surface area contributed by atoms with Crippen LogP contribution in [0.4, 0.5) is 4.39 Å². The Balaban J connectivity index is 0.00000312. The van der Waals surface area contributed by atoms with Gasteiger partial charge in [0.2, 0.25) is 0 Å². The number of ether oxygens (including phenoxy) is 2. The summed E-state index contributed by atoms with van der Waals surface area (Å²) >= 11 is 5.78. The molecule has 142 valence electrons. The van der Waals surface area contributed by atoms with Gasteiger partial charge in [-0.3, -0.25) is 0 Å². The molecule has 1 aromatic rings. The van der Waals surface area contributed by atoms with Crippen molar-refractivity contribution in [2.24, 2.45) is 4.99 Å². The molecule has 0 radical (unpaired) electrons. The molecule has 0 saturated carbocycles. The Kier molecular flexibility index (Phi) is 11.4. The highest BCUT2D eigenvalue weighted by molar-refractivity contribution is 14.0. The van der Waals surface area contributed by atoms with E-state index in [1.165, 1.54) is 6.07 Å². The van der Waals surface area contributed by atoms with Crippen molar-refractivity contribution >= 4 is 41.5 Å². The quantitative estimate of drug-likeness (QED) is 0.257. The van der Waals surface area contributed by atoms with Crippen LogP contribution >= 0.6 is 35.6 Å². The van der Waals surface area contributed by atoms with E-state index in [1.54, 1.807) is 12.1 Å². The SMILES string of the molecule is CCNC(=NCc1ccc(F)c(Cl)c1)NCCCOC1CCOC1.I. The van der Waals surface area contributed by atoms with Gasteiger partial charge >= 0.3 is 0 Å². The minimum Gasteiger partial charge on any atom is -0.379 e. The van der Waals surface area contributed by atoms with E-state index in [0.717, 1.165) is 44.1 Å². The number of hydrogen-bond donors (Lipinski definition) is 2. The van der Waals surface area contributed by atoms with Gasteiger partial charge in [-0.1, -0.05) is 17.7 Å². The number of halogens is 3. The molecular formula is C17H26ClFIN3O2. The number of nitrogens with one attached hydrogen (secondary N) is 2. The molecule has 2 N–H and O–H groups in total. The summed E-state index contributed by atoms with van der Waals surface area (Å²) in [6.07, 6.45) is 2.12. The maximum absolute atomic E-state index is 13.2. The van der Waals surface area contributed by atoms with Crippen LogP contribution in [0.25, 0.3) is 0 Å². The molecule has 0 spiro atoms. The first kappa shape index (κ1) is 22.4. The molecule has 1 aliphatic rings. The van der Waals surface area contributed by atoms with E-state index in [0.29, 0.717) is 19.8 Å². The molecule has 1 atom stereocenters. The number of nitrogens with zero attached hydrogens (tertiary/aromatic N) is 1. The average molecular weight is 486 g/mol. The molecule has 1 unspecified atom stereocenters. The van der Waals surface area contributed by atoms with E-state index < -0.39 is 5.82 Å². The number of benzene rings is 1. The van der Waals surface area contributed by atoms with Crippen molar-refractivity contribution in [2.75, 3.05) is 32.9 Å². The smallest absolute Gasteiger partial charge is 0.191 e. The fraction of sp³-hybridized carbons (Fsp3) is 0.588. The molecule has 0 amide bonds. The van der Waals surface area contributed by atoms with Crippen LogP contribution in [0.5, 0.6) is 0 Å². The lowest BCUT2D eigenvalue weighted by Gasteiger charge is -2.13. The lowest BCUT2D eigenvalue weighted by Crippen LogP contribution is -2.38. The van der Waals surface area contributed by atoms with Crippen LogP contribution in [-0.4, -0.2) is 45.0 Å². The molecule has 1 fully saturated rings. The van der Waals surface area contributed by atoms with E-state index in [2.05, 4.69) is 15.6 Å². The summed E-state index contributed by atoms with van der Waals surface area (Å²) in [6.45, 7) is 6.19.